The first kappa shape index (κ1) is 17.7. The van der Waals surface area contributed by atoms with Gasteiger partial charge in [0.25, 0.3) is 10.2 Å². The minimum atomic E-state index is -3.49. The summed E-state index contributed by atoms with van der Waals surface area (Å²) in [4.78, 5) is 0. The molecule has 0 radical (unpaired) electrons. The highest BCUT2D eigenvalue weighted by atomic mass is 32.2. The molecular formula is C15H21FN4O2S. The van der Waals surface area contributed by atoms with Crippen LogP contribution < -0.4 is 10.0 Å². The zero-order valence-electron chi connectivity index (χ0n) is 13.0. The highest BCUT2D eigenvalue weighted by Gasteiger charge is 2.26. The number of rotatable bonds is 6. The number of nitrogens with one attached hydrogen (secondary N) is 2. The van der Waals surface area contributed by atoms with E-state index in [1.165, 1.54) is 16.4 Å². The van der Waals surface area contributed by atoms with Gasteiger partial charge in [0.15, 0.2) is 0 Å². The largest absolute Gasteiger partial charge is 0.383 e. The summed E-state index contributed by atoms with van der Waals surface area (Å²) in [6, 6.07) is 6.09. The van der Waals surface area contributed by atoms with Gasteiger partial charge < -0.3 is 5.32 Å². The fourth-order valence-corrected chi connectivity index (χ4v) is 3.98. The Bertz CT molecular complexity index is 687. The van der Waals surface area contributed by atoms with Crippen molar-refractivity contribution in [3.05, 3.63) is 29.6 Å². The predicted molar refractivity (Wildman–Crippen MR) is 86.5 cm³/mol. The lowest BCUT2D eigenvalue weighted by molar-refractivity contribution is 0.278. The second kappa shape index (κ2) is 7.73. The number of anilines is 1. The number of hydrogen-bond acceptors (Lipinski definition) is 4. The van der Waals surface area contributed by atoms with Crippen molar-refractivity contribution in [2.45, 2.75) is 19.8 Å². The van der Waals surface area contributed by atoms with E-state index in [9.17, 15) is 12.8 Å². The molecule has 1 saturated heterocycles. The smallest absolute Gasteiger partial charge is 0.279 e. The lowest BCUT2D eigenvalue weighted by atomic mass is 10.0. The normalized spacial score (nSPS) is 19.3. The van der Waals surface area contributed by atoms with Crippen molar-refractivity contribution in [3.63, 3.8) is 0 Å². The van der Waals surface area contributed by atoms with Gasteiger partial charge in [-0.25, -0.2) is 9.11 Å². The fraction of sp³-hybridized carbons (Fsp3) is 0.533. The number of nitriles is 1. The summed E-state index contributed by atoms with van der Waals surface area (Å²) in [5.74, 6) is -0.232. The van der Waals surface area contributed by atoms with Crippen molar-refractivity contribution >= 4 is 15.9 Å². The van der Waals surface area contributed by atoms with E-state index in [-0.39, 0.29) is 18.7 Å². The lowest BCUT2D eigenvalue weighted by Crippen LogP contribution is -2.46. The quantitative estimate of drug-likeness (QED) is 0.772. The van der Waals surface area contributed by atoms with E-state index < -0.39 is 16.0 Å². The Balaban J connectivity index is 1.86. The minimum Gasteiger partial charge on any atom is -0.383 e. The van der Waals surface area contributed by atoms with Gasteiger partial charge in [-0.2, -0.15) is 18.0 Å². The first-order chi connectivity index (χ1) is 10.9. The Morgan fingerprint density at radius 3 is 2.91 bits per heavy atom. The fourth-order valence-electron chi connectivity index (χ4n) is 2.62. The van der Waals surface area contributed by atoms with Crippen LogP contribution in [0, 0.1) is 23.1 Å². The summed E-state index contributed by atoms with van der Waals surface area (Å²) in [5.41, 5.74) is 0.290. The van der Waals surface area contributed by atoms with Crippen molar-refractivity contribution in [3.8, 4) is 6.07 Å². The Morgan fingerprint density at radius 2 is 2.22 bits per heavy atom. The molecule has 8 heteroatoms. The standard InChI is InChI=1S/C15H21FN4O2S/c1-12-4-3-9-20(11-12)23(21,22)19-8-7-18-15-6-2-5-14(16)13(15)10-17/h2,5-6,12,18-19H,3-4,7-9,11H2,1H3/t12-/m0/s1. The summed E-state index contributed by atoms with van der Waals surface area (Å²) in [7, 11) is -3.49. The molecule has 1 atom stereocenters. The molecule has 2 rings (SSSR count). The van der Waals surface area contributed by atoms with E-state index in [0.29, 0.717) is 24.7 Å². The first-order valence-electron chi connectivity index (χ1n) is 7.61. The van der Waals surface area contributed by atoms with E-state index >= 15 is 0 Å². The van der Waals surface area contributed by atoms with E-state index in [2.05, 4.69) is 10.0 Å². The van der Waals surface area contributed by atoms with Gasteiger partial charge in [-0.15, -0.1) is 0 Å². The van der Waals surface area contributed by atoms with Crippen LogP contribution in [0.5, 0.6) is 0 Å². The number of nitrogens with zero attached hydrogens (tertiary/aromatic N) is 2. The molecule has 1 aliphatic rings. The molecule has 0 aromatic heterocycles. The molecule has 0 bridgehead atoms. The Hall–Kier alpha value is -1.69. The van der Waals surface area contributed by atoms with E-state index in [1.807, 2.05) is 6.92 Å². The molecule has 0 saturated carbocycles. The molecule has 1 aromatic rings. The van der Waals surface area contributed by atoms with Gasteiger partial charge in [0.05, 0.1) is 5.69 Å². The summed E-state index contributed by atoms with van der Waals surface area (Å²) < 4.78 is 41.8. The molecule has 126 valence electrons. The lowest BCUT2D eigenvalue weighted by Gasteiger charge is -2.30. The summed E-state index contributed by atoms with van der Waals surface area (Å²) in [6.07, 6.45) is 1.92. The van der Waals surface area contributed by atoms with Crippen molar-refractivity contribution in [1.29, 1.82) is 5.26 Å². The van der Waals surface area contributed by atoms with Crippen LogP contribution >= 0.6 is 0 Å². The van der Waals surface area contributed by atoms with Crippen LogP contribution in [0.2, 0.25) is 0 Å². The number of piperidine rings is 1. The van der Waals surface area contributed by atoms with Crippen LogP contribution in [-0.4, -0.2) is 38.9 Å². The van der Waals surface area contributed by atoms with E-state index in [0.717, 1.165) is 12.8 Å². The molecule has 23 heavy (non-hydrogen) atoms. The van der Waals surface area contributed by atoms with Crippen molar-refractivity contribution in [2.24, 2.45) is 5.92 Å². The molecule has 1 aliphatic heterocycles. The molecule has 1 heterocycles. The van der Waals surface area contributed by atoms with Crippen LogP contribution in [0.3, 0.4) is 0 Å². The monoisotopic (exact) mass is 340 g/mol. The molecule has 0 unspecified atom stereocenters. The summed E-state index contributed by atoms with van der Waals surface area (Å²) >= 11 is 0. The number of benzene rings is 1. The molecule has 0 spiro atoms. The minimum absolute atomic E-state index is 0.0692. The molecule has 1 aromatic carbocycles. The van der Waals surface area contributed by atoms with Crippen LogP contribution in [0.25, 0.3) is 0 Å². The SMILES string of the molecule is C[C@H]1CCCN(S(=O)(=O)NCCNc2cccc(F)c2C#N)C1. The molecule has 0 amide bonds. The highest BCUT2D eigenvalue weighted by molar-refractivity contribution is 7.87. The van der Waals surface area contributed by atoms with Gasteiger partial charge in [-0.3, -0.25) is 0 Å². The Kier molecular flexibility index (Phi) is 5.93. The predicted octanol–water partition coefficient (Wildman–Crippen LogP) is 1.68. The van der Waals surface area contributed by atoms with Crippen LogP contribution in [-0.2, 0) is 10.2 Å². The van der Waals surface area contributed by atoms with Crippen molar-refractivity contribution in [1.82, 2.24) is 9.03 Å². The van der Waals surface area contributed by atoms with Gasteiger partial charge in [-0.1, -0.05) is 13.0 Å². The molecule has 2 N–H and O–H groups in total. The zero-order valence-corrected chi connectivity index (χ0v) is 13.9. The van der Waals surface area contributed by atoms with Crippen molar-refractivity contribution < 1.29 is 12.8 Å². The molecule has 0 aliphatic carbocycles. The topological polar surface area (TPSA) is 85.2 Å². The Labute approximate surface area is 136 Å². The van der Waals surface area contributed by atoms with E-state index in [4.69, 9.17) is 5.26 Å². The second-order valence-corrected chi connectivity index (χ2v) is 7.46. The maximum absolute atomic E-state index is 13.4. The Morgan fingerprint density at radius 1 is 1.43 bits per heavy atom. The van der Waals surface area contributed by atoms with Crippen LogP contribution in [0.15, 0.2) is 18.2 Å². The third-order valence-electron chi connectivity index (χ3n) is 3.81. The number of halogens is 1. The van der Waals surface area contributed by atoms with Crippen LogP contribution in [0.1, 0.15) is 25.3 Å². The second-order valence-electron chi connectivity index (χ2n) is 5.71. The third kappa shape index (κ3) is 4.64. The zero-order chi connectivity index (χ0) is 16.9. The van der Waals surface area contributed by atoms with Gasteiger partial charge in [0.1, 0.15) is 17.4 Å². The van der Waals surface area contributed by atoms with Gasteiger partial charge >= 0.3 is 0 Å². The van der Waals surface area contributed by atoms with Gasteiger partial charge in [-0.05, 0) is 30.9 Å². The maximum atomic E-state index is 13.4. The average molecular weight is 340 g/mol. The molecular weight excluding hydrogens is 319 g/mol. The summed E-state index contributed by atoms with van der Waals surface area (Å²) in [6.45, 7) is 3.53. The molecule has 6 nitrogen and oxygen atoms in total. The first-order valence-corrected chi connectivity index (χ1v) is 9.05. The van der Waals surface area contributed by atoms with Gasteiger partial charge in [0, 0.05) is 26.2 Å². The van der Waals surface area contributed by atoms with Crippen LogP contribution in [0.4, 0.5) is 10.1 Å². The van der Waals surface area contributed by atoms with E-state index in [1.54, 1.807) is 12.1 Å². The highest BCUT2D eigenvalue weighted by Crippen LogP contribution is 2.18. The summed E-state index contributed by atoms with van der Waals surface area (Å²) in [5, 5.41) is 11.8. The van der Waals surface area contributed by atoms with Gasteiger partial charge in [0.2, 0.25) is 0 Å². The number of hydrogen-bond donors (Lipinski definition) is 2. The maximum Gasteiger partial charge on any atom is 0.279 e. The third-order valence-corrected chi connectivity index (χ3v) is 5.39. The molecule has 1 fully saturated rings. The average Bonchev–Trinajstić information content (AvgIpc) is 2.52. The van der Waals surface area contributed by atoms with Crippen molar-refractivity contribution in [2.75, 3.05) is 31.5 Å².